The molecule has 2 heterocycles. The zero-order valence-electron chi connectivity index (χ0n) is 7.66. The van der Waals surface area contributed by atoms with E-state index in [-0.39, 0.29) is 0 Å². The smallest absolute Gasteiger partial charge is 0.200 e. The van der Waals surface area contributed by atoms with Crippen molar-refractivity contribution in [1.82, 2.24) is 9.97 Å². The largest absolute Gasteiger partial charge is 0.439 e. The third-order valence-corrected chi connectivity index (χ3v) is 1.72. The molecule has 0 radical (unpaired) electrons. The van der Waals surface area contributed by atoms with Gasteiger partial charge in [0.2, 0.25) is 5.65 Å². The fourth-order valence-corrected chi connectivity index (χ4v) is 1.21. The molecule has 0 unspecified atom stereocenters. The van der Waals surface area contributed by atoms with Gasteiger partial charge in [0.05, 0.1) is 0 Å². The zero-order valence-corrected chi connectivity index (χ0v) is 7.66. The quantitative estimate of drug-likeness (QED) is 0.761. The molecule has 2 rings (SSSR count). The Morgan fingerprint density at radius 2 is 2.23 bits per heavy atom. The Labute approximate surface area is 76.0 Å². The minimum Gasteiger partial charge on any atom is -0.439 e. The molecule has 2 aromatic rings. The number of pyridine rings is 1. The third-order valence-electron chi connectivity index (χ3n) is 1.72. The van der Waals surface area contributed by atoms with Gasteiger partial charge >= 0.3 is 0 Å². The van der Waals surface area contributed by atoms with Crippen molar-refractivity contribution in [3.05, 3.63) is 18.0 Å². The molecule has 0 saturated heterocycles. The minimum absolute atomic E-state index is 0.649. The van der Waals surface area contributed by atoms with Crippen molar-refractivity contribution in [3.63, 3.8) is 0 Å². The molecule has 0 amide bonds. The van der Waals surface area contributed by atoms with Crippen LogP contribution in [0, 0.1) is 6.92 Å². The summed E-state index contributed by atoms with van der Waals surface area (Å²) >= 11 is 0. The highest BCUT2D eigenvalue weighted by Crippen LogP contribution is 2.15. The van der Waals surface area contributed by atoms with Crippen molar-refractivity contribution < 1.29 is 4.42 Å². The van der Waals surface area contributed by atoms with Crippen LogP contribution in [0.1, 0.15) is 12.8 Å². The highest BCUT2D eigenvalue weighted by atomic mass is 16.3. The zero-order chi connectivity index (χ0) is 9.26. The molecule has 0 bridgehead atoms. The molecule has 0 aromatic carbocycles. The average Bonchev–Trinajstić information content (AvgIpc) is 2.44. The lowest BCUT2D eigenvalue weighted by atomic mass is 10.4. The number of aromatic nitrogens is 2. The summed E-state index contributed by atoms with van der Waals surface area (Å²) in [5, 5.41) is 3.12. The lowest BCUT2D eigenvalue weighted by Crippen LogP contribution is -1.98. The van der Waals surface area contributed by atoms with Crippen molar-refractivity contribution in [2.45, 2.75) is 13.8 Å². The normalized spacial score (nSPS) is 10.6. The van der Waals surface area contributed by atoms with E-state index in [4.69, 9.17) is 4.42 Å². The van der Waals surface area contributed by atoms with Gasteiger partial charge in [0.25, 0.3) is 0 Å². The van der Waals surface area contributed by atoms with Crippen LogP contribution >= 0.6 is 0 Å². The molecule has 2 aromatic heterocycles. The molecule has 1 N–H and O–H groups in total. The molecule has 0 atom stereocenters. The monoisotopic (exact) mass is 177 g/mol. The van der Waals surface area contributed by atoms with Gasteiger partial charge in [0.15, 0.2) is 11.5 Å². The molecule has 0 fully saturated rings. The van der Waals surface area contributed by atoms with Crippen LogP contribution in [0.25, 0.3) is 11.2 Å². The van der Waals surface area contributed by atoms with Gasteiger partial charge in [0.1, 0.15) is 5.82 Å². The topological polar surface area (TPSA) is 51.0 Å². The highest BCUT2D eigenvalue weighted by Gasteiger charge is 2.03. The second-order valence-electron chi connectivity index (χ2n) is 2.78. The number of nitrogens with one attached hydrogen (secondary N) is 1. The molecule has 0 spiro atoms. The molecule has 13 heavy (non-hydrogen) atoms. The molecule has 4 nitrogen and oxygen atoms in total. The van der Waals surface area contributed by atoms with Crippen LogP contribution in [0.5, 0.6) is 0 Å². The number of aryl methyl sites for hydroxylation is 1. The number of oxazole rings is 1. The van der Waals surface area contributed by atoms with E-state index in [1.165, 1.54) is 0 Å². The van der Waals surface area contributed by atoms with E-state index in [1.807, 2.05) is 26.0 Å². The number of nitrogens with zero attached hydrogens (tertiary/aromatic N) is 2. The summed E-state index contributed by atoms with van der Waals surface area (Å²) in [5.74, 6) is 1.49. The minimum atomic E-state index is 0.649. The van der Waals surface area contributed by atoms with Crippen molar-refractivity contribution in [2.24, 2.45) is 0 Å². The van der Waals surface area contributed by atoms with Gasteiger partial charge in [-0.25, -0.2) is 4.98 Å². The molecular formula is C9H11N3O. The Bertz CT molecular complexity index is 422. The number of fused-ring (bicyclic) bond motifs is 1. The number of hydrogen-bond acceptors (Lipinski definition) is 4. The lowest BCUT2D eigenvalue weighted by molar-refractivity contribution is 0.561. The predicted molar refractivity (Wildman–Crippen MR) is 50.7 cm³/mol. The van der Waals surface area contributed by atoms with E-state index in [0.717, 1.165) is 17.9 Å². The second kappa shape index (κ2) is 3.05. The van der Waals surface area contributed by atoms with Gasteiger partial charge in [-0.05, 0) is 19.1 Å². The molecule has 4 heteroatoms. The Kier molecular flexibility index (Phi) is 1.88. The van der Waals surface area contributed by atoms with Crippen LogP contribution in [0.3, 0.4) is 0 Å². The summed E-state index contributed by atoms with van der Waals surface area (Å²) < 4.78 is 5.30. The van der Waals surface area contributed by atoms with E-state index in [9.17, 15) is 0 Å². The van der Waals surface area contributed by atoms with Crippen LogP contribution in [0.2, 0.25) is 0 Å². The summed E-state index contributed by atoms with van der Waals surface area (Å²) in [6.45, 7) is 4.70. The van der Waals surface area contributed by atoms with Gasteiger partial charge in [-0.3, -0.25) is 0 Å². The summed E-state index contributed by atoms with van der Waals surface area (Å²) in [4.78, 5) is 8.41. The summed E-state index contributed by atoms with van der Waals surface area (Å²) in [5.41, 5.74) is 1.40. The SMILES string of the molecule is CCNc1ccc2oc(C)nc2n1. The predicted octanol–water partition coefficient (Wildman–Crippen LogP) is 1.96. The average molecular weight is 177 g/mol. The summed E-state index contributed by atoms with van der Waals surface area (Å²) in [7, 11) is 0. The van der Waals surface area contributed by atoms with Crippen molar-refractivity contribution in [1.29, 1.82) is 0 Å². The molecule has 0 saturated carbocycles. The van der Waals surface area contributed by atoms with Gasteiger partial charge in [0, 0.05) is 13.5 Å². The van der Waals surface area contributed by atoms with Crippen LogP contribution in [-0.2, 0) is 0 Å². The molecule has 0 aliphatic carbocycles. The first-order valence-corrected chi connectivity index (χ1v) is 4.27. The van der Waals surface area contributed by atoms with E-state index in [0.29, 0.717) is 11.5 Å². The number of anilines is 1. The first-order chi connectivity index (χ1) is 6.29. The first-order valence-electron chi connectivity index (χ1n) is 4.27. The van der Waals surface area contributed by atoms with Crippen LogP contribution in [0.4, 0.5) is 5.82 Å². The van der Waals surface area contributed by atoms with Crippen LogP contribution in [0.15, 0.2) is 16.5 Å². The standard InChI is InChI=1S/C9H11N3O/c1-3-10-8-5-4-7-9(12-8)11-6(2)13-7/h4-5H,3H2,1-2H3,(H,10,12). The third kappa shape index (κ3) is 1.47. The van der Waals surface area contributed by atoms with Gasteiger partial charge < -0.3 is 9.73 Å². The molecule has 0 aliphatic rings. The Balaban J connectivity index is 2.48. The van der Waals surface area contributed by atoms with Crippen LogP contribution < -0.4 is 5.32 Å². The van der Waals surface area contributed by atoms with Crippen molar-refractivity contribution >= 4 is 17.0 Å². The van der Waals surface area contributed by atoms with Crippen molar-refractivity contribution in [3.8, 4) is 0 Å². The van der Waals surface area contributed by atoms with Crippen LogP contribution in [-0.4, -0.2) is 16.5 Å². The number of hydrogen-bond donors (Lipinski definition) is 1. The molecular weight excluding hydrogens is 166 g/mol. The molecule has 68 valence electrons. The maximum absolute atomic E-state index is 5.30. The Morgan fingerprint density at radius 1 is 1.38 bits per heavy atom. The second-order valence-corrected chi connectivity index (χ2v) is 2.78. The van der Waals surface area contributed by atoms with E-state index >= 15 is 0 Å². The fourth-order valence-electron chi connectivity index (χ4n) is 1.21. The fraction of sp³-hybridized carbons (Fsp3) is 0.333. The van der Waals surface area contributed by atoms with Gasteiger partial charge in [-0.2, -0.15) is 4.98 Å². The van der Waals surface area contributed by atoms with E-state index < -0.39 is 0 Å². The maximum Gasteiger partial charge on any atom is 0.200 e. The summed E-state index contributed by atoms with van der Waals surface area (Å²) in [6, 6.07) is 3.76. The van der Waals surface area contributed by atoms with Gasteiger partial charge in [-0.1, -0.05) is 0 Å². The van der Waals surface area contributed by atoms with E-state index in [2.05, 4.69) is 15.3 Å². The first kappa shape index (κ1) is 8.04. The Morgan fingerprint density at radius 3 is 3.00 bits per heavy atom. The summed E-state index contributed by atoms with van der Waals surface area (Å²) in [6.07, 6.45) is 0. The van der Waals surface area contributed by atoms with Crippen molar-refractivity contribution in [2.75, 3.05) is 11.9 Å². The lowest BCUT2D eigenvalue weighted by Gasteiger charge is -1.98. The number of rotatable bonds is 2. The molecule has 0 aliphatic heterocycles. The van der Waals surface area contributed by atoms with E-state index in [1.54, 1.807) is 0 Å². The maximum atomic E-state index is 5.30. The van der Waals surface area contributed by atoms with Gasteiger partial charge in [-0.15, -0.1) is 0 Å². The Hall–Kier alpha value is -1.58. The highest BCUT2D eigenvalue weighted by molar-refractivity contribution is 5.70.